The standard InChI is InChI=1S/C21H23ClN2O4/c1-27-18-8-3-14(13-19(18)28-2)9-11-23-20(25)17-10-12-24(21(17)26)16-6-4-15(22)5-7-16/h3-8,13,17H,9-12H2,1-2H3,(H,23,25)/t17-/m1/s1. The van der Waals surface area contributed by atoms with E-state index < -0.39 is 5.92 Å². The van der Waals surface area contributed by atoms with Gasteiger partial charge in [0.2, 0.25) is 11.8 Å². The van der Waals surface area contributed by atoms with Gasteiger partial charge in [-0.25, -0.2) is 0 Å². The van der Waals surface area contributed by atoms with Gasteiger partial charge in [-0.15, -0.1) is 0 Å². The van der Waals surface area contributed by atoms with Crippen molar-refractivity contribution in [1.82, 2.24) is 5.32 Å². The first-order valence-corrected chi connectivity index (χ1v) is 9.47. The molecule has 0 radical (unpaired) electrons. The normalized spacial score (nSPS) is 16.2. The molecule has 2 amide bonds. The van der Waals surface area contributed by atoms with E-state index in [2.05, 4.69) is 5.32 Å². The van der Waals surface area contributed by atoms with Crippen molar-refractivity contribution >= 4 is 29.1 Å². The molecule has 28 heavy (non-hydrogen) atoms. The van der Waals surface area contributed by atoms with Crippen molar-refractivity contribution in [2.75, 3.05) is 32.2 Å². The summed E-state index contributed by atoms with van der Waals surface area (Å²) in [4.78, 5) is 26.7. The number of benzene rings is 2. The van der Waals surface area contributed by atoms with Crippen LogP contribution in [-0.4, -0.2) is 39.1 Å². The van der Waals surface area contributed by atoms with Gasteiger partial charge in [-0.3, -0.25) is 9.59 Å². The maximum absolute atomic E-state index is 12.6. The van der Waals surface area contributed by atoms with E-state index in [1.54, 1.807) is 43.4 Å². The van der Waals surface area contributed by atoms with Crippen LogP contribution in [0.5, 0.6) is 11.5 Å². The molecule has 0 unspecified atom stereocenters. The zero-order chi connectivity index (χ0) is 20.1. The SMILES string of the molecule is COc1ccc(CCNC(=O)[C@H]2CCN(c3ccc(Cl)cc3)C2=O)cc1OC. The van der Waals surface area contributed by atoms with E-state index >= 15 is 0 Å². The average Bonchev–Trinajstić information content (AvgIpc) is 3.09. The first-order valence-electron chi connectivity index (χ1n) is 9.09. The number of hydrogen-bond acceptors (Lipinski definition) is 4. The lowest BCUT2D eigenvalue weighted by molar-refractivity contribution is -0.132. The maximum Gasteiger partial charge on any atom is 0.239 e. The third-order valence-electron chi connectivity index (χ3n) is 4.82. The highest BCUT2D eigenvalue weighted by molar-refractivity contribution is 6.30. The number of anilines is 1. The molecular weight excluding hydrogens is 380 g/mol. The number of carbonyl (C=O) groups excluding carboxylic acids is 2. The van der Waals surface area contributed by atoms with Gasteiger partial charge in [-0.2, -0.15) is 0 Å². The van der Waals surface area contributed by atoms with E-state index in [1.165, 1.54) is 0 Å². The highest BCUT2D eigenvalue weighted by Gasteiger charge is 2.37. The second-order valence-corrected chi connectivity index (χ2v) is 6.97. The summed E-state index contributed by atoms with van der Waals surface area (Å²) < 4.78 is 10.5. The van der Waals surface area contributed by atoms with E-state index in [1.807, 2.05) is 18.2 Å². The Bertz CT molecular complexity index is 854. The summed E-state index contributed by atoms with van der Waals surface area (Å²) >= 11 is 5.90. The van der Waals surface area contributed by atoms with Gasteiger partial charge < -0.3 is 19.7 Å². The maximum atomic E-state index is 12.6. The molecule has 2 aromatic carbocycles. The van der Waals surface area contributed by atoms with Crippen molar-refractivity contribution in [2.24, 2.45) is 5.92 Å². The first-order chi connectivity index (χ1) is 13.5. The lowest BCUT2D eigenvalue weighted by atomic mass is 10.1. The van der Waals surface area contributed by atoms with Crippen molar-refractivity contribution in [1.29, 1.82) is 0 Å². The molecule has 0 saturated carbocycles. The topological polar surface area (TPSA) is 67.9 Å². The number of halogens is 1. The molecule has 148 valence electrons. The first kappa shape index (κ1) is 20.0. The van der Waals surface area contributed by atoms with Gasteiger partial charge in [-0.1, -0.05) is 17.7 Å². The molecule has 7 heteroatoms. The quantitative estimate of drug-likeness (QED) is 0.723. The van der Waals surface area contributed by atoms with Crippen LogP contribution in [0.2, 0.25) is 5.02 Å². The molecule has 1 saturated heterocycles. The van der Waals surface area contributed by atoms with Crippen molar-refractivity contribution in [3.05, 3.63) is 53.1 Å². The molecule has 0 bridgehead atoms. The molecule has 0 spiro atoms. The second-order valence-electron chi connectivity index (χ2n) is 6.54. The minimum absolute atomic E-state index is 0.175. The lowest BCUT2D eigenvalue weighted by Crippen LogP contribution is -2.37. The summed E-state index contributed by atoms with van der Waals surface area (Å²) in [6.07, 6.45) is 1.14. The predicted molar refractivity (Wildman–Crippen MR) is 108 cm³/mol. The molecule has 1 aliphatic heterocycles. The monoisotopic (exact) mass is 402 g/mol. The van der Waals surface area contributed by atoms with Crippen LogP contribution < -0.4 is 19.7 Å². The number of hydrogen-bond donors (Lipinski definition) is 1. The van der Waals surface area contributed by atoms with Crippen molar-refractivity contribution in [2.45, 2.75) is 12.8 Å². The number of methoxy groups -OCH3 is 2. The smallest absolute Gasteiger partial charge is 0.239 e. The summed E-state index contributed by atoms with van der Waals surface area (Å²) in [5.41, 5.74) is 1.77. The van der Waals surface area contributed by atoms with Crippen LogP contribution in [0.4, 0.5) is 5.69 Å². The molecule has 1 heterocycles. The molecule has 1 N–H and O–H groups in total. The molecule has 6 nitrogen and oxygen atoms in total. The number of ether oxygens (including phenoxy) is 2. The van der Waals surface area contributed by atoms with E-state index in [-0.39, 0.29) is 11.8 Å². The van der Waals surface area contributed by atoms with Gasteiger partial charge in [0.05, 0.1) is 14.2 Å². The molecule has 3 rings (SSSR count). The zero-order valence-electron chi connectivity index (χ0n) is 15.9. The van der Waals surface area contributed by atoms with Crippen LogP contribution in [-0.2, 0) is 16.0 Å². The molecule has 0 aromatic heterocycles. The Hall–Kier alpha value is -2.73. The fourth-order valence-electron chi connectivity index (χ4n) is 3.29. The van der Waals surface area contributed by atoms with Crippen LogP contribution in [0.3, 0.4) is 0 Å². The second kappa shape index (κ2) is 8.97. The number of amides is 2. The minimum atomic E-state index is -0.652. The predicted octanol–water partition coefficient (Wildman–Crippen LogP) is 3.07. The van der Waals surface area contributed by atoms with E-state index in [0.717, 1.165) is 11.3 Å². The third kappa shape index (κ3) is 4.39. The van der Waals surface area contributed by atoms with Crippen molar-refractivity contribution < 1.29 is 19.1 Å². The van der Waals surface area contributed by atoms with Crippen molar-refractivity contribution in [3.8, 4) is 11.5 Å². The van der Waals surface area contributed by atoms with Gasteiger partial charge in [0, 0.05) is 23.8 Å². The van der Waals surface area contributed by atoms with E-state index in [0.29, 0.717) is 42.5 Å². The van der Waals surface area contributed by atoms with Crippen LogP contribution >= 0.6 is 11.6 Å². The average molecular weight is 403 g/mol. The number of carbonyl (C=O) groups is 2. The summed E-state index contributed by atoms with van der Waals surface area (Å²) in [6.45, 7) is 0.966. The zero-order valence-corrected chi connectivity index (χ0v) is 16.7. The third-order valence-corrected chi connectivity index (χ3v) is 5.07. The Morgan fingerprint density at radius 3 is 2.54 bits per heavy atom. The number of nitrogens with zero attached hydrogens (tertiary/aromatic N) is 1. The van der Waals surface area contributed by atoms with Crippen LogP contribution in [0.1, 0.15) is 12.0 Å². The highest BCUT2D eigenvalue weighted by Crippen LogP contribution is 2.28. The van der Waals surface area contributed by atoms with Crippen molar-refractivity contribution in [3.63, 3.8) is 0 Å². The largest absolute Gasteiger partial charge is 0.493 e. The molecule has 1 aliphatic rings. The van der Waals surface area contributed by atoms with E-state index in [4.69, 9.17) is 21.1 Å². The molecule has 1 atom stereocenters. The van der Waals surface area contributed by atoms with Crippen LogP contribution in [0.25, 0.3) is 0 Å². The Balaban J connectivity index is 1.54. The van der Waals surface area contributed by atoms with Gasteiger partial charge >= 0.3 is 0 Å². The Kier molecular flexibility index (Phi) is 6.41. The summed E-state index contributed by atoms with van der Waals surface area (Å²) in [6, 6.07) is 12.7. The summed E-state index contributed by atoms with van der Waals surface area (Å²) in [5.74, 6) is 0.249. The van der Waals surface area contributed by atoms with Gasteiger partial charge in [0.25, 0.3) is 0 Å². The van der Waals surface area contributed by atoms with Gasteiger partial charge in [-0.05, 0) is 54.8 Å². The minimum Gasteiger partial charge on any atom is -0.493 e. The number of nitrogens with one attached hydrogen (secondary N) is 1. The molecule has 1 fully saturated rings. The summed E-state index contributed by atoms with van der Waals surface area (Å²) in [5, 5.41) is 3.48. The fourth-order valence-corrected chi connectivity index (χ4v) is 3.42. The Morgan fingerprint density at radius 2 is 1.86 bits per heavy atom. The lowest BCUT2D eigenvalue weighted by Gasteiger charge is -2.17. The fraction of sp³-hybridized carbons (Fsp3) is 0.333. The Morgan fingerprint density at radius 1 is 1.14 bits per heavy atom. The van der Waals surface area contributed by atoms with Crippen LogP contribution in [0.15, 0.2) is 42.5 Å². The highest BCUT2D eigenvalue weighted by atomic mass is 35.5. The van der Waals surface area contributed by atoms with Gasteiger partial charge in [0.1, 0.15) is 5.92 Å². The van der Waals surface area contributed by atoms with Gasteiger partial charge in [0.15, 0.2) is 11.5 Å². The number of rotatable bonds is 7. The van der Waals surface area contributed by atoms with E-state index in [9.17, 15) is 9.59 Å². The van der Waals surface area contributed by atoms with Crippen LogP contribution in [0, 0.1) is 5.92 Å². The Labute approximate surface area is 169 Å². The molecular formula is C21H23ClN2O4. The molecule has 0 aliphatic carbocycles. The molecule has 2 aromatic rings. The summed E-state index contributed by atoms with van der Waals surface area (Å²) in [7, 11) is 3.17.